The average molecular weight is 409 g/mol. The molecule has 0 aromatic heterocycles. The number of alkyl carbamates (subject to hydrolysis) is 1. The van der Waals surface area contributed by atoms with Crippen LogP contribution >= 0.6 is 0 Å². The van der Waals surface area contributed by atoms with Crippen LogP contribution in [-0.2, 0) is 14.3 Å². The topological polar surface area (TPSA) is 96.5 Å². The predicted octanol–water partition coefficient (Wildman–Crippen LogP) is 4.11. The number of hydrogen-bond acceptors (Lipinski definition) is 4. The van der Waals surface area contributed by atoms with Crippen LogP contribution in [-0.4, -0.2) is 30.1 Å². The fraction of sp³-hybridized carbons (Fsp3) is 0.261. The van der Waals surface area contributed by atoms with E-state index in [-0.39, 0.29) is 12.5 Å². The van der Waals surface area contributed by atoms with Gasteiger partial charge in [0, 0.05) is 6.08 Å². The van der Waals surface area contributed by atoms with Crippen LogP contribution < -0.4 is 16.0 Å². The molecular formula is C23H27N3O4. The van der Waals surface area contributed by atoms with Gasteiger partial charge in [0.05, 0.1) is 11.4 Å². The number of amides is 3. The molecule has 0 aliphatic heterocycles. The van der Waals surface area contributed by atoms with Gasteiger partial charge in [0.15, 0.2) is 0 Å². The maximum absolute atomic E-state index is 12.3. The molecule has 7 heteroatoms. The summed E-state index contributed by atoms with van der Waals surface area (Å²) in [5.74, 6) is -0.775. The second-order valence-corrected chi connectivity index (χ2v) is 7.69. The van der Waals surface area contributed by atoms with E-state index in [4.69, 9.17) is 4.74 Å². The molecule has 0 radical (unpaired) electrons. The van der Waals surface area contributed by atoms with Crippen molar-refractivity contribution in [2.75, 3.05) is 17.2 Å². The van der Waals surface area contributed by atoms with Gasteiger partial charge in [-0.25, -0.2) is 4.79 Å². The first-order valence-electron chi connectivity index (χ1n) is 9.54. The molecular weight excluding hydrogens is 382 g/mol. The Morgan fingerprint density at radius 3 is 2.27 bits per heavy atom. The molecule has 3 N–H and O–H groups in total. The van der Waals surface area contributed by atoms with Gasteiger partial charge in [0.25, 0.3) is 0 Å². The van der Waals surface area contributed by atoms with Crippen LogP contribution in [0, 0.1) is 6.92 Å². The monoisotopic (exact) mass is 409 g/mol. The molecule has 0 atom stereocenters. The molecule has 2 aromatic carbocycles. The minimum Gasteiger partial charge on any atom is -0.444 e. The Kier molecular flexibility index (Phi) is 7.75. The van der Waals surface area contributed by atoms with Gasteiger partial charge in [-0.05, 0) is 51.5 Å². The summed E-state index contributed by atoms with van der Waals surface area (Å²) in [6.07, 6.45) is 2.46. The normalized spacial score (nSPS) is 11.1. The molecule has 0 fully saturated rings. The number of carbonyl (C=O) groups is 3. The fourth-order valence-electron chi connectivity index (χ4n) is 2.48. The number of ether oxygens (including phenoxy) is 1. The molecule has 2 aromatic rings. The van der Waals surface area contributed by atoms with Crippen LogP contribution in [0.2, 0.25) is 0 Å². The van der Waals surface area contributed by atoms with Crippen LogP contribution in [0.25, 0.3) is 6.08 Å². The summed E-state index contributed by atoms with van der Waals surface area (Å²) in [5, 5.41) is 7.80. The van der Waals surface area contributed by atoms with Crippen LogP contribution in [0.5, 0.6) is 0 Å². The summed E-state index contributed by atoms with van der Waals surface area (Å²) in [6.45, 7) is 6.93. The van der Waals surface area contributed by atoms with Crippen molar-refractivity contribution in [3.05, 3.63) is 65.7 Å². The maximum Gasteiger partial charge on any atom is 0.408 e. The third-order valence-electron chi connectivity index (χ3n) is 3.72. The van der Waals surface area contributed by atoms with Gasteiger partial charge in [-0.1, -0.05) is 42.0 Å². The van der Waals surface area contributed by atoms with E-state index in [0.29, 0.717) is 11.4 Å². The van der Waals surface area contributed by atoms with Gasteiger partial charge in [0.2, 0.25) is 11.8 Å². The molecule has 0 spiro atoms. The predicted molar refractivity (Wildman–Crippen MR) is 118 cm³/mol. The SMILES string of the molecule is Cc1cccc(/C=C/C(=O)Nc2ccccc2NC(=O)CNC(=O)OC(C)(C)C)c1. The van der Waals surface area contributed by atoms with Crippen molar-refractivity contribution in [3.8, 4) is 0 Å². The third-order valence-corrected chi connectivity index (χ3v) is 3.72. The number of benzene rings is 2. The van der Waals surface area contributed by atoms with E-state index in [1.165, 1.54) is 6.08 Å². The van der Waals surface area contributed by atoms with Crippen molar-refractivity contribution in [3.63, 3.8) is 0 Å². The van der Waals surface area contributed by atoms with Gasteiger partial charge >= 0.3 is 6.09 Å². The molecule has 0 unspecified atom stereocenters. The zero-order valence-electron chi connectivity index (χ0n) is 17.6. The largest absolute Gasteiger partial charge is 0.444 e. The molecule has 0 saturated carbocycles. The van der Waals surface area contributed by atoms with Crippen LogP contribution in [0.4, 0.5) is 16.2 Å². The van der Waals surface area contributed by atoms with E-state index in [1.54, 1.807) is 51.1 Å². The minimum absolute atomic E-state index is 0.259. The highest BCUT2D eigenvalue weighted by Crippen LogP contribution is 2.21. The van der Waals surface area contributed by atoms with Gasteiger partial charge in [-0.2, -0.15) is 0 Å². The maximum atomic E-state index is 12.3. The van der Waals surface area contributed by atoms with E-state index in [0.717, 1.165) is 11.1 Å². The Bertz CT molecular complexity index is 945. The van der Waals surface area contributed by atoms with Crippen molar-refractivity contribution in [1.29, 1.82) is 0 Å². The lowest BCUT2D eigenvalue weighted by molar-refractivity contribution is -0.115. The molecule has 3 amide bonds. The summed E-state index contributed by atoms with van der Waals surface area (Å²) >= 11 is 0. The van der Waals surface area contributed by atoms with E-state index >= 15 is 0 Å². The molecule has 0 aliphatic carbocycles. The van der Waals surface area contributed by atoms with Gasteiger partial charge in [0.1, 0.15) is 12.1 Å². The van der Waals surface area contributed by atoms with Crippen molar-refractivity contribution in [2.45, 2.75) is 33.3 Å². The van der Waals surface area contributed by atoms with Gasteiger partial charge in [-0.3, -0.25) is 9.59 Å². The number of aryl methyl sites for hydroxylation is 1. The second kappa shape index (κ2) is 10.2. The third kappa shape index (κ3) is 8.18. The summed E-state index contributed by atoms with van der Waals surface area (Å²) in [6, 6.07) is 14.6. The highest BCUT2D eigenvalue weighted by atomic mass is 16.6. The smallest absolute Gasteiger partial charge is 0.408 e. The molecule has 7 nitrogen and oxygen atoms in total. The van der Waals surface area contributed by atoms with Crippen LogP contribution in [0.3, 0.4) is 0 Å². The van der Waals surface area contributed by atoms with E-state index in [2.05, 4.69) is 16.0 Å². The first kappa shape index (κ1) is 22.7. The highest BCUT2D eigenvalue weighted by molar-refractivity contribution is 6.05. The van der Waals surface area contributed by atoms with Crippen LogP contribution in [0.15, 0.2) is 54.6 Å². The van der Waals surface area contributed by atoms with Crippen molar-refractivity contribution >= 4 is 35.4 Å². The van der Waals surface area contributed by atoms with E-state index < -0.39 is 17.6 Å². The lowest BCUT2D eigenvalue weighted by Gasteiger charge is -2.19. The summed E-state index contributed by atoms with van der Waals surface area (Å²) < 4.78 is 5.09. The summed E-state index contributed by atoms with van der Waals surface area (Å²) in [5.41, 5.74) is 2.24. The van der Waals surface area contributed by atoms with E-state index in [9.17, 15) is 14.4 Å². The summed E-state index contributed by atoms with van der Waals surface area (Å²) in [4.78, 5) is 36.1. The average Bonchev–Trinajstić information content (AvgIpc) is 2.65. The fourth-order valence-corrected chi connectivity index (χ4v) is 2.48. The first-order valence-corrected chi connectivity index (χ1v) is 9.54. The summed E-state index contributed by atoms with van der Waals surface area (Å²) in [7, 11) is 0. The van der Waals surface area contributed by atoms with Gasteiger partial charge in [-0.15, -0.1) is 0 Å². The van der Waals surface area contributed by atoms with Crippen molar-refractivity contribution in [2.24, 2.45) is 0 Å². The quantitative estimate of drug-likeness (QED) is 0.626. The van der Waals surface area contributed by atoms with Crippen molar-refractivity contribution < 1.29 is 19.1 Å². The Balaban J connectivity index is 1.94. The number of carbonyl (C=O) groups excluding carboxylic acids is 3. The lowest BCUT2D eigenvalue weighted by atomic mass is 10.1. The Morgan fingerprint density at radius 1 is 0.967 bits per heavy atom. The zero-order chi connectivity index (χ0) is 22.1. The minimum atomic E-state index is -0.680. The second-order valence-electron chi connectivity index (χ2n) is 7.69. The molecule has 2 rings (SSSR count). The first-order chi connectivity index (χ1) is 14.1. The number of para-hydroxylation sites is 2. The molecule has 0 bridgehead atoms. The van der Waals surface area contributed by atoms with Gasteiger partial charge < -0.3 is 20.7 Å². The standard InChI is InChI=1S/C23H27N3O4/c1-16-8-7-9-17(14-16)12-13-20(27)25-18-10-5-6-11-19(18)26-21(28)15-24-22(29)30-23(2,3)4/h5-14H,15H2,1-4H3,(H,24,29)(H,25,27)(H,26,28)/b13-12+. The zero-order valence-corrected chi connectivity index (χ0v) is 17.6. The number of nitrogens with one attached hydrogen (secondary N) is 3. The van der Waals surface area contributed by atoms with Crippen molar-refractivity contribution in [1.82, 2.24) is 5.32 Å². The molecule has 158 valence electrons. The lowest BCUT2D eigenvalue weighted by Crippen LogP contribution is -2.37. The Labute approximate surface area is 176 Å². The highest BCUT2D eigenvalue weighted by Gasteiger charge is 2.17. The molecule has 30 heavy (non-hydrogen) atoms. The number of rotatable bonds is 6. The number of hydrogen-bond donors (Lipinski definition) is 3. The number of anilines is 2. The van der Waals surface area contributed by atoms with E-state index in [1.807, 2.05) is 31.2 Å². The molecule has 0 saturated heterocycles. The molecule has 0 heterocycles. The Hall–Kier alpha value is -3.61. The Morgan fingerprint density at radius 2 is 1.63 bits per heavy atom. The molecule has 0 aliphatic rings. The van der Waals surface area contributed by atoms with Crippen LogP contribution in [0.1, 0.15) is 31.9 Å².